The molecule has 2 rings (SSSR count). The fourth-order valence-corrected chi connectivity index (χ4v) is 2.86. The van der Waals surface area contributed by atoms with Gasteiger partial charge in [-0.25, -0.2) is 4.79 Å². The highest BCUT2D eigenvalue weighted by Crippen LogP contribution is 2.24. The van der Waals surface area contributed by atoms with Gasteiger partial charge in [-0.2, -0.15) is 0 Å². The van der Waals surface area contributed by atoms with Crippen LogP contribution in [0.5, 0.6) is 0 Å². The lowest BCUT2D eigenvalue weighted by molar-refractivity contribution is -0.126. The van der Waals surface area contributed by atoms with E-state index in [4.69, 9.17) is 0 Å². The van der Waals surface area contributed by atoms with Crippen molar-refractivity contribution in [3.05, 3.63) is 24.3 Å². The largest absolute Gasteiger partial charge is 0.376 e. The van der Waals surface area contributed by atoms with Crippen molar-refractivity contribution in [3.63, 3.8) is 0 Å². The number of urea groups is 1. The Morgan fingerprint density at radius 1 is 1.30 bits per heavy atom. The number of nitrogens with zero attached hydrogens (tertiary/aromatic N) is 2. The minimum Gasteiger partial charge on any atom is -0.376 e. The van der Waals surface area contributed by atoms with Crippen LogP contribution in [0.25, 0.3) is 0 Å². The molecule has 1 aromatic carbocycles. The van der Waals surface area contributed by atoms with Crippen LogP contribution >= 0.6 is 0 Å². The number of hydrogen-bond acceptors (Lipinski definition) is 3. The quantitative estimate of drug-likeness (QED) is 0.894. The lowest BCUT2D eigenvalue weighted by Gasteiger charge is -2.32. The second-order valence-corrected chi connectivity index (χ2v) is 6.02. The van der Waals surface area contributed by atoms with Gasteiger partial charge in [-0.1, -0.05) is 12.1 Å². The van der Waals surface area contributed by atoms with Crippen molar-refractivity contribution in [2.45, 2.75) is 19.8 Å². The van der Waals surface area contributed by atoms with Gasteiger partial charge >= 0.3 is 6.03 Å². The average Bonchev–Trinajstić information content (AvgIpc) is 2.55. The molecule has 3 amide bonds. The zero-order valence-electron chi connectivity index (χ0n) is 14.1. The van der Waals surface area contributed by atoms with E-state index < -0.39 is 0 Å². The molecule has 0 aliphatic carbocycles. The first-order chi connectivity index (χ1) is 11.0. The number of benzene rings is 1. The first-order valence-corrected chi connectivity index (χ1v) is 8.13. The molecule has 0 bridgehead atoms. The van der Waals surface area contributed by atoms with E-state index in [1.807, 2.05) is 50.2 Å². The summed E-state index contributed by atoms with van der Waals surface area (Å²) in [5.41, 5.74) is 1.74. The van der Waals surface area contributed by atoms with Gasteiger partial charge in [-0.3, -0.25) is 4.79 Å². The van der Waals surface area contributed by atoms with E-state index in [9.17, 15) is 9.59 Å². The number of piperidine rings is 1. The fraction of sp³-hybridized carbons (Fsp3) is 0.529. The van der Waals surface area contributed by atoms with Gasteiger partial charge in [-0.05, 0) is 31.9 Å². The van der Waals surface area contributed by atoms with Gasteiger partial charge in [0, 0.05) is 33.7 Å². The molecule has 1 aliphatic heterocycles. The van der Waals surface area contributed by atoms with Crippen LogP contribution in [0.15, 0.2) is 24.3 Å². The number of para-hydroxylation sites is 2. The first kappa shape index (κ1) is 17.1. The molecule has 6 heteroatoms. The van der Waals surface area contributed by atoms with Gasteiger partial charge in [0.05, 0.1) is 17.3 Å². The van der Waals surface area contributed by atoms with Crippen molar-refractivity contribution in [1.82, 2.24) is 10.2 Å². The van der Waals surface area contributed by atoms with Crippen LogP contribution in [0, 0.1) is 5.92 Å². The van der Waals surface area contributed by atoms with Crippen molar-refractivity contribution in [2.24, 2.45) is 5.92 Å². The predicted molar refractivity (Wildman–Crippen MR) is 92.8 cm³/mol. The number of nitrogens with one attached hydrogen (secondary N) is 2. The number of carbonyl (C=O) groups excluding carboxylic acids is 2. The third kappa shape index (κ3) is 4.37. The standard InChI is InChI=1S/C17H26N4O2/c1-4-18-16(22)13-8-7-11-21(12-13)17(23)19-14-9-5-6-10-15(14)20(2)3/h5-6,9-10,13H,4,7-8,11-12H2,1-3H3,(H,18,22)(H,19,23). The summed E-state index contributed by atoms with van der Waals surface area (Å²) in [6.07, 6.45) is 1.69. The minimum absolute atomic E-state index is 0.0405. The Labute approximate surface area is 137 Å². The molecule has 1 unspecified atom stereocenters. The van der Waals surface area contributed by atoms with Gasteiger partial charge in [0.25, 0.3) is 0 Å². The molecule has 23 heavy (non-hydrogen) atoms. The normalized spacial score (nSPS) is 17.5. The second kappa shape index (κ2) is 7.85. The summed E-state index contributed by atoms with van der Waals surface area (Å²) in [4.78, 5) is 28.2. The SMILES string of the molecule is CCNC(=O)C1CCCN(C(=O)Nc2ccccc2N(C)C)C1. The number of carbonyl (C=O) groups is 2. The minimum atomic E-state index is -0.145. The molecule has 126 valence electrons. The maximum Gasteiger partial charge on any atom is 0.321 e. The summed E-state index contributed by atoms with van der Waals surface area (Å²) in [5.74, 6) is -0.0720. The molecule has 0 aromatic heterocycles. The average molecular weight is 318 g/mol. The monoisotopic (exact) mass is 318 g/mol. The van der Waals surface area contributed by atoms with Crippen LogP contribution < -0.4 is 15.5 Å². The summed E-state index contributed by atoms with van der Waals surface area (Å²) in [6, 6.07) is 7.54. The van der Waals surface area contributed by atoms with Gasteiger partial charge < -0.3 is 20.4 Å². The Morgan fingerprint density at radius 3 is 2.74 bits per heavy atom. The summed E-state index contributed by atoms with van der Waals surface area (Å²) >= 11 is 0. The van der Waals surface area contributed by atoms with Gasteiger partial charge in [0.15, 0.2) is 0 Å². The molecule has 6 nitrogen and oxygen atoms in total. The molecule has 1 saturated heterocycles. The van der Waals surface area contributed by atoms with E-state index in [1.54, 1.807) is 4.90 Å². The van der Waals surface area contributed by atoms with Gasteiger partial charge in [-0.15, -0.1) is 0 Å². The molecule has 1 atom stereocenters. The van der Waals surface area contributed by atoms with Crippen molar-refractivity contribution < 1.29 is 9.59 Å². The Morgan fingerprint density at radius 2 is 2.04 bits per heavy atom. The van der Waals surface area contributed by atoms with Gasteiger partial charge in [0.2, 0.25) is 5.91 Å². The lowest BCUT2D eigenvalue weighted by Crippen LogP contribution is -2.46. The van der Waals surface area contributed by atoms with Crippen LogP contribution in [0.4, 0.5) is 16.2 Å². The number of likely N-dealkylation sites (tertiary alicyclic amines) is 1. The maximum atomic E-state index is 12.5. The zero-order valence-corrected chi connectivity index (χ0v) is 14.1. The topological polar surface area (TPSA) is 64.7 Å². The number of rotatable bonds is 4. The third-order valence-electron chi connectivity index (χ3n) is 4.06. The van der Waals surface area contributed by atoms with Crippen LogP contribution in [0.3, 0.4) is 0 Å². The Balaban J connectivity index is 2.02. The van der Waals surface area contributed by atoms with Crippen LogP contribution in [0.2, 0.25) is 0 Å². The number of anilines is 2. The van der Waals surface area contributed by atoms with E-state index in [2.05, 4.69) is 10.6 Å². The Hall–Kier alpha value is -2.24. The third-order valence-corrected chi connectivity index (χ3v) is 4.06. The number of hydrogen-bond donors (Lipinski definition) is 2. The van der Waals surface area contributed by atoms with E-state index in [0.29, 0.717) is 19.6 Å². The highest BCUT2D eigenvalue weighted by molar-refractivity contribution is 5.93. The van der Waals surface area contributed by atoms with Crippen molar-refractivity contribution in [3.8, 4) is 0 Å². The smallest absolute Gasteiger partial charge is 0.321 e. The van der Waals surface area contributed by atoms with Crippen LogP contribution in [0.1, 0.15) is 19.8 Å². The zero-order chi connectivity index (χ0) is 16.8. The molecule has 1 aliphatic rings. The van der Waals surface area contributed by atoms with Crippen molar-refractivity contribution >= 4 is 23.3 Å². The van der Waals surface area contributed by atoms with E-state index >= 15 is 0 Å². The molecular weight excluding hydrogens is 292 g/mol. The molecule has 1 fully saturated rings. The Bertz CT molecular complexity index is 559. The number of amides is 3. The summed E-state index contributed by atoms with van der Waals surface area (Å²) in [7, 11) is 3.88. The molecule has 2 N–H and O–H groups in total. The Kier molecular flexibility index (Phi) is 5.84. The van der Waals surface area contributed by atoms with Gasteiger partial charge in [0.1, 0.15) is 0 Å². The van der Waals surface area contributed by atoms with Crippen molar-refractivity contribution in [1.29, 1.82) is 0 Å². The van der Waals surface area contributed by atoms with Crippen LogP contribution in [-0.2, 0) is 4.79 Å². The molecule has 0 spiro atoms. The first-order valence-electron chi connectivity index (χ1n) is 8.13. The predicted octanol–water partition coefficient (Wildman–Crippen LogP) is 2.13. The fourth-order valence-electron chi connectivity index (χ4n) is 2.86. The van der Waals surface area contributed by atoms with E-state index in [1.165, 1.54) is 0 Å². The van der Waals surface area contributed by atoms with Crippen molar-refractivity contribution in [2.75, 3.05) is 43.9 Å². The van der Waals surface area contributed by atoms with Crippen LogP contribution in [-0.4, -0.2) is 50.6 Å². The lowest BCUT2D eigenvalue weighted by atomic mass is 9.97. The second-order valence-electron chi connectivity index (χ2n) is 6.02. The van der Waals surface area contributed by atoms with E-state index in [0.717, 1.165) is 24.2 Å². The highest BCUT2D eigenvalue weighted by atomic mass is 16.2. The summed E-state index contributed by atoms with van der Waals surface area (Å²) in [5, 5.41) is 5.81. The van der Waals surface area contributed by atoms with E-state index in [-0.39, 0.29) is 17.9 Å². The summed E-state index contributed by atoms with van der Waals surface area (Å²) < 4.78 is 0. The molecular formula is C17H26N4O2. The molecule has 1 heterocycles. The molecule has 0 saturated carbocycles. The summed E-state index contributed by atoms with van der Waals surface area (Å²) in [6.45, 7) is 3.69. The highest BCUT2D eigenvalue weighted by Gasteiger charge is 2.28. The molecule has 1 aromatic rings. The molecule has 0 radical (unpaired) electrons. The maximum absolute atomic E-state index is 12.5.